The van der Waals surface area contributed by atoms with Gasteiger partial charge in [0.25, 0.3) is 5.91 Å². The van der Waals surface area contributed by atoms with Crippen molar-refractivity contribution in [1.29, 1.82) is 0 Å². The fraction of sp³-hybridized carbons (Fsp3) is 0.143. The summed E-state index contributed by atoms with van der Waals surface area (Å²) in [5.41, 5.74) is 4.89. The minimum Gasteiger partial charge on any atom is -0.481 e. The number of carbonyl (C=O) groups is 6. The number of rotatable bonds is 19. The number of fused-ring (bicyclic) bond motifs is 3. The number of aryl methyl sites for hydroxylation is 2. The molecule has 0 saturated heterocycles. The van der Waals surface area contributed by atoms with Gasteiger partial charge in [-0.25, -0.2) is 23.1 Å². The van der Waals surface area contributed by atoms with Crippen LogP contribution in [0.2, 0.25) is 0 Å². The van der Waals surface area contributed by atoms with Crippen molar-refractivity contribution in [2.45, 2.75) is 32.2 Å². The maximum atomic E-state index is 12.2. The number of hydrogen-bond donors (Lipinski definition) is 7. The molecule has 30 heteroatoms. The van der Waals surface area contributed by atoms with E-state index in [9.17, 15) is 37.2 Å². The van der Waals surface area contributed by atoms with Crippen LogP contribution < -0.4 is 34.9 Å². The number of carbonyl (C=O) groups excluding carboxylic acids is 3. The zero-order chi connectivity index (χ0) is 62.6. The summed E-state index contributed by atoms with van der Waals surface area (Å²) in [5, 5.41) is 40.4. The third-order valence-electron chi connectivity index (χ3n) is 11.5. The lowest BCUT2D eigenvalue weighted by Gasteiger charge is -2.13. The molecule has 0 aliphatic carbocycles. The van der Waals surface area contributed by atoms with Gasteiger partial charge >= 0.3 is 17.9 Å². The molecule has 86 heavy (non-hydrogen) atoms. The molecule has 0 bridgehead atoms. The van der Waals surface area contributed by atoms with Crippen LogP contribution in [-0.4, -0.2) is 97.4 Å². The Bertz CT molecular complexity index is 4180. The van der Waals surface area contributed by atoms with Crippen molar-refractivity contribution >= 4 is 185 Å². The number of hydrogen-bond acceptors (Lipinski definition) is 15. The molecule has 0 spiro atoms. The first kappa shape index (κ1) is 66.1. The standard InChI is InChI=1S/C20H17Br2N3O6S.C19H16Br2N4O5.C17H12Br2N2O3/c1-32(29,30)23-10-12-3-2-11-6-14(4-5-17(11)24-12)31-20-15(21)7-13(8-16(20)22)25-18(26)9-19(27)28;1-22-19(29)17-11-7-10(3-4-14(11)24-25(17)2)30-18-12(20)5-9(6-13(18)21)23-15(26)8-16(27)28;18-13-5-10(1-4-16(22)23)6-14(19)17(13)24-12-2-3-15-11(7-12)8-20-9-21-15/h2-8,23H,9-10H2,1H3,(H,25,26)(H,27,28);3-7H,8H2,1-2H3,(H,22,29)(H,23,26)(H,27,28);2-3,5-9H,1,4H2,(H,22,23). The molecule has 3 aromatic heterocycles. The highest BCUT2D eigenvalue weighted by molar-refractivity contribution is 9.12. The summed E-state index contributed by atoms with van der Waals surface area (Å²) in [6.45, 7) is 0.0995. The number of aliphatic carboxylic acids is 3. The number of pyridine rings is 1. The van der Waals surface area contributed by atoms with Gasteiger partial charge in [-0.15, -0.1) is 0 Å². The van der Waals surface area contributed by atoms with E-state index in [1.807, 2.05) is 36.4 Å². The lowest BCUT2D eigenvalue weighted by atomic mass is 10.1. The maximum absolute atomic E-state index is 12.2. The van der Waals surface area contributed by atoms with Crippen LogP contribution in [0.25, 0.3) is 32.7 Å². The topological polar surface area (TPSA) is 330 Å². The number of carboxylic acids is 3. The van der Waals surface area contributed by atoms with Crippen molar-refractivity contribution in [3.05, 3.63) is 159 Å². The number of halogens is 6. The molecule has 3 heterocycles. The molecule has 6 aromatic carbocycles. The van der Waals surface area contributed by atoms with Gasteiger partial charge in [0.15, 0.2) is 17.2 Å². The van der Waals surface area contributed by atoms with Gasteiger partial charge in [-0.2, -0.15) is 5.10 Å². The average Bonchev–Trinajstić information content (AvgIpc) is 2.07. The Morgan fingerprint density at radius 3 is 1.56 bits per heavy atom. The van der Waals surface area contributed by atoms with Crippen molar-refractivity contribution in [3.63, 3.8) is 0 Å². The summed E-state index contributed by atoms with van der Waals surface area (Å²) in [5.74, 6) is -1.59. The van der Waals surface area contributed by atoms with E-state index in [0.29, 0.717) is 98.0 Å². The molecule has 9 rings (SSSR count). The molecule has 0 unspecified atom stereocenters. The zero-order valence-corrected chi connectivity index (χ0v) is 55.1. The monoisotopic (exact) mass is 1570 g/mol. The number of sulfonamides is 1. The SMILES string of the molecule is CNC(=O)c1c2cc(Oc3c(Br)cc(NC(=O)CC(=O)O)cc3Br)ccc2nn1C.CS(=O)(=O)NCc1ccc2cc(Oc3c(Br)cc(NC(=O)CC(=O)O)cc3Br)ccc2n1.O=C(O)CCc1cc(Br)c(Oc2ccc3ncncc3c2)c(Br)c1. The molecule has 0 fully saturated rings. The average molecular weight is 1580 g/mol. The molecular weight excluding hydrogens is 1530 g/mol. The van der Waals surface area contributed by atoms with Gasteiger partial charge in [-0.3, -0.25) is 38.4 Å². The highest BCUT2D eigenvalue weighted by atomic mass is 79.9. The maximum Gasteiger partial charge on any atom is 0.312 e. The molecule has 0 radical (unpaired) electrons. The van der Waals surface area contributed by atoms with E-state index in [4.69, 9.17) is 29.5 Å². The number of anilines is 2. The minimum absolute atomic E-state index is 0.0871. The van der Waals surface area contributed by atoms with Gasteiger partial charge in [0.1, 0.15) is 42.1 Å². The molecule has 7 N–H and O–H groups in total. The number of carboxylic acid groups (broad SMARTS) is 3. The summed E-state index contributed by atoms with van der Waals surface area (Å²) in [6.07, 6.45) is 3.60. The van der Waals surface area contributed by atoms with Crippen LogP contribution in [0.3, 0.4) is 0 Å². The van der Waals surface area contributed by atoms with E-state index in [0.717, 1.165) is 37.1 Å². The first-order chi connectivity index (χ1) is 40.7. The molecule has 0 atom stereocenters. The van der Waals surface area contributed by atoms with Gasteiger partial charge in [0.05, 0.1) is 61.9 Å². The summed E-state index contributed by atoms with van der Waals surface area (Å²) in [6, 6.07) is 29.7. The number of ether oxygens (including phenoxy) is 3. The van der Waals surface area contributed by atoms with Crippen LogP contribution in [0.1, 0.15) is 41.0 Å². The summed E-state index contributed by atoms with van der Waals surface area (Å²) < 4.78 is 48.0. The fourth-order valence-electron chi connectivity index (χ4n) is 7.77. The number of nitrogens with one attached hydrogen (secondary N) is 4. The Balaban J connectivity index is 0.000000186. The van der Waals surface area contributed by atoms with Crippen LogP contribution in [0.15, 0.2) is 142 Å². The highest BCUT2D eigenvalue weighted by Crippen LogP contribution is 2.42. The summed E-state index contributed by atoms with van der Waals surface area (Å²) >= 11 is 20.6. The smallest absolute Gasteiger partial charge is 0.312 e. The third kappa shape index (κ3) is 18.8. The van der Waals surface area contributed by atoms with Crippen molar-refractivity contribution in [3.8, 4) is 34.5 Å². The van der Waals surface area contributed by atoms with Crippen LogP contribution in [0.4, 0.5) is 11.4 Å². The lowest BCUT2D eigenvalue weighted by molar-refractivity contribution is -0.141. The Morgan fingerprint density at radius 1 is 0.593 bits per heavy atom. The zero-order valence-electron chi connectivity index (χ0n) is 44.7. The van der Waals surface area contributed by atoms with Gasteiger partial charge in [-0.05, 0) is 205 Å². The van der Waals surface area contributed by atoms with Crippen molar-refractivity contribution in [2.75, 3.05) is 23.9 Å². The molecule has 0 aliphatic heterocycles. The van der Waals surface area contributed by atoms with Crippen LogP contribution >= 0.6 is 95.6 Å². The molecule has 0 aliphatic rings. The number of benzene rings is 6. The Morgan fingerprint density at radius 2 is 1.07 bits per heavy atom. The molecule has 9 aromatic rings. The number of nitrogens with zero attached hydrogens (tertiary/aromatic N) is 5. The molecule has 3 amide bonds. The number of amides is 3. The van der Waals surface area contributed by atoms with Gasteiger partial charge < -0.3 is 45.5 Å². The Hall–Kier alpha value is -7.45. The highest BCUT2D eigenvalue weighted by Gasteiger charge is 2.20. The van der Waals surface area contributed by atoms with Gasteiger partial charge in [0, 0.05) is 54.2 Å². The largest absolute Gasteiger partial charge is 0.481 e. The van der Waals surface area contributed by atoms with E-state index in [-0.39, 0.29) is 18.9 Å². The van der Waals surface area contributed by atoms with E-state index < -0.39 is 52.6 Å². The first-order valence-corrected chi connectivity index (χ1v) is 31.3. The van der Waals surface area contributed by atoms with Crippen molar-refractivity contribution in [2.24, 2.45) is 7.05 Å². The van der Waals surface area contributed by atoms with E-state index in [1.54, 1.807) is 87.0 Å². The summed E-state index contributed by atoms with van der Waals surface area (Å²) in [4.78, 5) is 80.1. The Labute approximate surface area is 539 Å². The van der Waals surface area contributed by atoms with Crippen molar-refractivity contribution < 1.29 is 66.7 Å². The van der Waals surface area contributed by atoms with E-state index >= 15 is 0 Å². The third-order valence-corrected chi connectivity index (χ3v) is 15.7. The van der Waals surface area contributed by atoms with Crippen LogP contribution in [0, 0.1) is 0 Å². The summed E-state index contributed by atoms with van der Waals surface area (Å²) in [7, 11) is -0.0703. The van der Waals surface area contributed by atoms with E-state index in [1.165, 1.54) is 11.0 Å². The molecular formula is C56H45Br6N9O14S. The lowest BCUT2D eigenvalue weighted by Crippen LogP contribution is -2.21. The predicted octanol–water partition coefficient (Wildman–Crippen LogP) is 12.6. The number of aromatic nitrogens is 5. The van der Waals surface area contributed by atoms with Crippen LogP contribution in [-0.2, 0) is 54.0 Å². The molecule has 23 nitrogen and oxygen atoms in total. The van der Waals surface area contributed by atoms with E-state index in [2.05, 4.69) is 136 Å². The van der Waals surface area contributed by atoms with Gasteiger partial charge in [0.2, 0.25) is 21.8 Å². The normalized spacial score (nSPS) is 10.9. The minimum atomic E-state index is -3.31. The van der Waals surface area contributed by atoms with Crippen LogP contribution in [0.5, 0.6) is 34.5 Å². The molecule has 0 saturated carbocycles. The predicted molar refractivity (Wildman–Crippen MR) is 341 cm³/mol. The van der Waals surface area contributed by atoms with Gasteiger partial charge in [-0.1, -0.05) is 6.07 Å². The first-order valence-electron chi connectivity index (χ1n) is 24.7. The molecule has 446 valence electrons. The quantitative estimate of drug-likeness (QED) is 0.0370. The second kappa shape index (κ2) is 29.8. The second-order valence-corrected chi connectivity index (χ2v) is 25.0. The fourth-order valence-corrected chi connectivity index (χ4v) is 12.3. The Kier molecular flexibility index (Phi) is 22.9. The van der Waals surface area contributed by atoms with Crippen molar-refractivity contribution in [1.82, 2.24) is 34.8 Å². The second-order valence-electron chi connectivity index (χ2n) is 18.1.